The van der Waals surface area contributed by atoms with Crippen LogP contribution in [-0.2, 0) is 19.1 Å². The molecule has 1 heterocycles. The number of Topliss-reactive ketones (excluding diaryl/α,β-unsaturated/α-hetero) is 1. The molecular weight excluding hydrogens is 172 g/mol. The molecule has 1 aliphatic heterocycles. The van der Waals surface area contributed by atoms with Gasteiger partial charge in [-0.3, -0.25) is 9.59 Å². The quantitative estimate of drug-likeness (QED) is 0.473. The zero-order chi connectivity index (χ0) is 10.1. The van der Waals surface area contributed by atoms with Crippen LogP contribution in [0.5, 0.6) is 0 Å². The van der Waals surface area contributed by atoms with Crippen LogP contribution in [0.1, 0.15) is 13.8 Å². The lowest BCUT2D eigenvalue weighted by molar-refractivity contribution is -0.188. The second-order valence-corrected chi connectivity index (χ2v) is 3.59. The maximum Gasteiger partial charge on any atom is 0.324 e. The van der Waals surface area contributed by atoms with Crippen molar-refractivity contribution in [3.05, 3.63) is 0 Å². The fourth-order valence-corrected chi connectivity index (χ4v) is 1.41. The first-order valence-electron chi connectivity index (χ1n) is 4.25. The Labute approximate surface area is 77.2 Å². The average Bonchev–Trinajstić information content (AvgIpc) is 2.01. The molecule has 1 rings (SSSR count). The van der Waals surface area contributed by atoms with Crippen molar-refractivity contribution in [2.24, 2.45) is 11.3 Å². The van der Waals surface area contributed by atoms with Crippen molar-refractivity contribution < 1.29 is 19.1 Å². The van der Waals surface area contributed by atoms with Gasteiger partial charge in [0.05, 0.1) is 20.3 Å². The molecule has 0 unspecified atom stereocenters. The fourth-order valence-electron chi connectivity index (χ4n) is 1.41. The molecule has 4 nitrogen and oxygen atoms in total. The summed E-state index contributed by atoms with van der Waals surface area (Å²) < 4.78 is 9.50. The van der Waals surface area contributed by atoms with Gasteiger partial charge in [-0.25, -0.2) is 0 Å². The molecule has 1 fully saturated rings. The van der Waals surface area contributed by atoms with Crippen LogP contribution in [0, 0.1) is 11.3 Å². The number of hydrogen-bond donors (Lipinski definition) is 0. The van der Waals surface area contributed by atoms with E-state index in [2.05, 4.69) is 4.74 Å². The van der Waals surface area contributed by atoms with E-state index in [4.69, 9.17) is 4.74 Å². The van der Waals surface area contributed by atoms with Crippen LogP contribution in [0.15, 0.2) is 0 Å². The maximum absolute atomic E-state index is 11.7. The van der Waals surface area contributed by atoms with Gasteiger partial charge in [0.1, 0.15) is 0 Å². The second-order valence-electron chi connectivity index (χ2n) is 3.59. The average molecular weight is 186 g/mol. The largest absolute Gasteiger partial charge is 0.468 e. The topological polar surface area (TPSA) is 52.6 Å². The van der Waals surface area contributed by atoms with Gasteiger partial charge in [-0.2, -0.15) is 0 Å². The zero-order valence-corrected chi connectivity index (χ0v) is 8.12. The summed E-state index contributed by atoms with van der Waals surface area (Å²) in [6, 6.07) is 0. The normalized spacial score (nSPS) is 19.4. The number of carbonyl (C=O) groups excluding carboxylic acids is 2. The standard InChI is InChI=1S/C9H14O4/c1-6(2)7(10)9(4-13-5-9)8(11)12-3/h6H,4-5H2,1-3H3. The molecule has 0 aromatic carbocycles. The van der Waals surface area contributed by atoms with Gasteiger partial charge in [0, 0.05) is 5.92 Å². The van der Waals surface area contributed by atoms with E-state index in [1.807, 2.05) is 0 Å². The molecule has 0 saturated carbocycles. The highest BCUT2D eigenvalue weighted by molar-refractivity contribution is 6.05. The highest BCUT2D eigenvalue weighted by Crippen LogP contribution is 2.32. The first kappa shape index (κ1) is 10.2. The lowest BCUT2D eigenvalue weighted by Gasteiger charge is -2.37. The fraction of sp³-hybridized carbons (Fsp3) is 0.778. The molecule has 0 bridgehead atoms. The Hall–Kier alpha value is -0.900. The van der Waals surface area contributed by atoms with Crippen LogP contribution < -0.4 is 0 Å². The first-order chi connectivity index (χ1) is 6.04. The van der Waals surface area contributed by atoms with Crippen LogP contribution in [0.2, 0.25) is 0 Å². The highest BCUT2D eigenvalue weighted by atomic mass is 16.5. The third-order valence-corrected chi connectivity index (χ3v) is 2.27. The van der Waals surface area contributed by atoms with Crippen molar-refractivity contribution in [2.75, 3.05) is 20.3 Å². The molecular formula is C9H14O4. The first-order valence-corrected chi connectivity index (χ1v) is 4.25. The number of ether oxygens (including phenoxy) is 2. The smallest absolute Gasteiger partial charge is 0.324 e. The summed E-state index contributed by atoms with van der Waals surface area (Å²) >= 11 is 0. The highest BCUT2D eigenvalue weighted by Gasteiger charge is 2.53. The minimum absolute atomic E-state index is 0.0920. The molecule has 0 atom stereocenters. The van der Waals surface area contributed by atoms with Crippen molar-refractivity contribution in [2.45, 2.75) is 13.8 Å². The predicted octanol–water partition coefficient (Wildman–Crippen LogP) is 0.401. The summed E-state index contributed by atoms with van der Waals surface area (Å²) in [5.41, 5.74) is -1.01. The van der Waals surface area contributed by atoms with Gasteiger partial charge in [0.2, 0.25) is 0 Å². The molecule has 74 valence electrons. The Morgan fingerprint density at radius 3 is 2.15 bits per heavy atom. The lowest BCUT2D eigenvalue weighted by atomic mass is 9.77. The van der Waals surface area contributed by atoms with Gasteiger partial charge < -0.3 is 9.47 Å². The van der Waals surface area contributed by atoms with Crippen molar-refractivity contribution in [3.63, 3.8) is 0 Å². The number of rotatable bonds is 3. The molecule has 1 aliphatic rings. The van der Waals surface area contributed by atoms with Gasteiger partial charge in [0.25, 0.3) is 0 Å². The van der Waals surface area contributed by atoms with Gasteiger partial charge in [-0.15, -0.1) is 0 Å². The summed E-state index contributed by atoms with van der Waals surface area (Å²) in [7, 11) is 1.29. The van der Waals surface area contributed by atoms with Gasteiger partial charge in [-0.1, -0.05) is 13.8 Å². The molecule has 1 saturated heterocycles. The Balaban J connectivity index is 2.81. The Kier molecular flexibility index (Phi) is 2.71. The van der Waals surface area contributed by atoms with Gasteiger partial charge in [0.15, 0.2) is 11.2 Å². The summed E-state index contributed by atoms with van der Waals surface area (Å²) in [5, 5.41) is 0. The lowest BCUT2D eigenvalue weighted by Crippen LogP contribution is -2.56. The molecule has 0 spiro atoms. The van der Waals surface area contributed by atoms with E-state index in [1.54, 1.807) is 13.8 Å². The van der Waals surface area contributed by atoms with Crippen LogP contribution in [0.3, 0.4) is 0 Å². The minimum Gasteiger partial charge on any atom is -0.468 e. The summed E-state index contributed by atoms with van der Waals surface area (Å²) in [5.74, 6) is -0.731. The van der Waals surface area contributed by atoms with E-state index in [0.717, 1.165) is 0 Å². The Morgan fingerprint density at radius 1 is 1.38 bits per heavy atom. The number of carbonyl (C=O) groups is 2. The van der Waals surface area contributed by atoms with E-state index in [0.29, 0.717) is 0 Å². The number of methoxy groups -OCH3 is 1. The van der Waals surface area contributed by atoms with Crippen LogP contribution in [-0.4, -0.2) is 32.1 Å². The summed E-state index contributed by atoms with van der Waals surface area (Å²) in [6.07, 6.45) is 0. The molecule has 0 aromatic heterocycles. The van der Waals surface area contributed by atoms with Gasteiger partial charge in [-0.05, 0) is 0 Å². The molecule has 0 radical (unpaired) electrons. The second kappa shape index (κ2) is 3.46. The van der Waals surface area contributed by atoms with Crippen molar-refractivity contribution >= 4 is 11.8 Å². The van der Waals surface area contributed by atoms with E-state index in [-0.39, 0.29) is 24.9 Å². The van der Waals surface area contributed by atoms with Crippen LogP contribution in [0.4, 0.5) is 0 Å². The van der Waals surface area contributed by atoms with Crippen LogP contribution in [0.25, 0.3) is 0 Å². The number of esters is 1. The van der Waals surface area contributed by atoms with E-state index in [9.17, 15) is 9.59 Å². The third-order valence-electron chi connectivity index (χ3n) is 2.27. The monoisotopic (exact) mass is 186 g/mol. The third kappa shape index (κ3) is 1.46. The maximum atomic E-state index is 11.7. The van der Waals surface area contributed by atoms with Crippen LogP contribution >= 0.6 is 0 Å². The van der Waals surface area contributed by atoms with E-state index < -0.39 is 11.4 Å². The van der Waals surface area contributed by atoms with Crippen molar-refractivity contribution in [3.8, 4) is 0 Å². The Morgan fingerprint density at radius 2 is 1.92 bits per heavy atom. The zero-order valence-electron chi connectivity index (χ0n) is 8.12. The predicted molar refractivity (Wildman–Crippen MR) is 45.1 cm³/mol. The summed E-state index contributed by atoms with van der Waals surface area (Å²) in [6.45, 7) is 3.87. The van der Waals surface area contributed by atoms with E-state index >= 15 is 0 Å². The number of ketones is 1. The van der Waals surface area contributed by atoms with Gasteiger partial charge >= 0.3 is 5.97 Å². The summed E-state index contributed by atoms with van der Waals surface area (Å²) in [4.78, 5) is 23.0. The van der Waals surface area contributed by atoms with E-state index in [1.165, 1.54) is 7.11 Å². The number of hydrogen-bond acceptors (Lipinski definition) is 4. The minimum atomic E-state index is -1.01. The molecule has 0 N–H and O–H groups in total. The molecule has 13 heavy (non-hydrogen) atoms. The van der Waals surface area contributed by atoms with Crippen molar-refractivity contribution in [1.82, 2.24) is 0 Å². The molecule has 4 heteroatoms. The van der Waals surface area contributed by atoms with Crippen molar-refractivity contribution in [1.29, 1.82) is 0 Å². The molecule has 0 aliphatic carbocycles. The SMILES string of the molecule is COC(=O)C1(C(=O)C(C)C)COC1. The Bertz CT molecular complexity index is 228. The molecule has 0 amide bonds. The molecule has 0 aromatic rings.